The van der Waals surface area contributed by atoms with Gasteiger partial charge in [0.1, 0.15) is 0 Å². The highest BCUT2D eigenvalue weighted by Gasteiger charge is 2.18. The first-order chi connectivity index (χ1) is 9.10. The predicted octanol–water partition coefficient (Wildman–Crippen LogP) is 3.96. The van der Waals surface area contributed by atoms with Crippen LogP contribution in [-0.4, -0.2) is 23.4 Å². The van der Waals surface area contributed by atoms with Crippen molar-refractivity contribution in [2.75, 3.05) is 6.54 Å². The van der Waals surface area contributed by atoms with Gasteiger partial charge in [0, 0.05) is 12.6 Å². The molecule has 1 atom stereocenters. The standard InChI is InChI=1S/C17H27NO/c1-5-7-12-18(15(4)6-2)17(19)13-16-11-9-8-10-14(16)3/h8-11,15H,5-7,12-13H2,1-4H3. The Bertz CT molecular complexity index is 400. The summed E-state index contributed by atoms with van der Waals surface area (Å²) < 4.78 is 0. The third kappa shape index (κ3) is 4.70. The molecule has 0 aromatic heterocycles. The molecule has 0 saturated heterocycles. The molecule has 1 aromatic rings. The van der Waals surface area contributed by atoms with Crippen LogP contribution in [-0.2, 0) is 11.2 Å². The normalized spacial score (nSPS) is 12.2. The van der Waals surface area contributed by atoms with Gasteiger partial charge in [-0.15, -0.1) is 0 Å². The first-order valence-corrected chi connectivity index (χ1v) is 7.44. The van der Waals surface area contributed by atoms with Crippen LogP contribution in [0, 0.1) is 6.92 Å². The van der Waals surface area contributed by atoms with Gasteiger partial charge >= 0.3 is 0 Å². The molecule has 0 N–H and O–H groups in total. The van der Waals surface area contributed by atoms with Crippen molar-refractivity contribution in [3.05, 3.63) is 35.4 Å². The lowest BCUT2D eigenvalue weighted by Crippen LogP contribution is -2.40. The van der Waals surface area contributed by atoms with E-state index in [0.29, 0.717) is 12.5 Å². The van der Waals surface area contributed by atoms with E-state index in [-0.39, 0.29) is 5.91 Å². The van der Waals surface area contributed by atoms with Gasteiger partial charge in [0.25, 0.3) is 0 Å². The molecule has 106 valence electrons. The molecule has 0 fully saturated rings. The van der Waals surface area contributed by atoms with Crippen LogP contribution in [0.15, 0.2) is 24.3 Å². The van der Waals surface area contributed by atoms with Crippen LogP contribution in [0.25, 0.3) is 0 Å². The molecule has 1 rings (SSSR count). The molecular weight excluding hydrogens is 234 g/mol. The van der Waals surface area contributed by atoms with Crippen molar-refractivity contribution in [2.45, 2.75) is 59.4 Å². The zero-order chi connectivity index (χ0) is 14.3. The van der Waals surface area contributed by atoms with E-state index in [1.54, 1.807) is 0 Å². The Balaban J connectivity index is 2.74. The highest BCUT2D eigenvalue weighted by atomic mass is 16.2. The number of unbranched alkanes of at least 4 members (excludes halogenated alkanes) is 1. The van der Waals surface area contributed by atoms with Gasteiger partial charge in [0.05, 0.1) is 6.42 Å². The summed E-state index contributed by atoms with van der Waals surface area (Å²) in [6.45, 7) is 9.41. The summed E-state index contributed by atoms with van der Waals surface area (Å²) in [5.41, 5.74) is 2.35. The molecule has 2 heteroatoms. The molecule has 0 heterocycles. The zero-order valence-corrected chi connectivity index (χ0v) is 12.8. The highest BCUT2D eigenvalue weighted by molar-refractivity contribution is 5.79. The van der Waals surface area contributed by atoms with Crippen molar-refractivity contribution in [3.8, 4) is 0 Å². The Labute approximate surface area is 117 Å². The van der Waals surface area contributed by atoms with E-state index in [4.69, 9.17) is 0 Å². The fourth-order valence-electron chi connectivity index (χ4n) is 2.21. The van der Waals surface area contributed by atoms with Crippen LogP contribution in [0.3, 0.4) is 0 Å². The van der Waals surface area contributed by atoms with Gasteiger partial charge in [-0.1, -0.05) is 44.5 Å². The second-order valence-electron chi connectivity index (χ2n) is 5.30. The molecule has 0 radical (unpaired) electrons. The van der Waals surface area contributed by atoms with E-state index in [1.807, 2.05) is 12.1 Å². The number of hydrogen-bond donors (Lipinski definition) is 0. The van der Waals surface area contributed by atoms with Crippen molar-refractivity contribution in [3.63, 3.8) is 0 Å². The molecule has 19 heavy (non-hydrogen) atoms. The number of nitrogens with zero attached hydrogens (tertiary/aromatic N) is 1. The smallest absolute Gasteiger partial charge is 0.227 e. The maximum Gasteiger partial charge on any atom is 0.227 e. The third-order valence-corrected chi connectivity index (χ3v) is 3.80. The van der Waals surface area contributed by atoms with E-state index in [0.717, 1.165) is 31.4 Å². The average Bonchev–Trinajstić information content (AvgIpc) is 2.41. The third-order valence-electron chi connectivity index (χ3n) is 3.80. The molecule has 0 aliphatic rings. The number of carbonyl (C=O) groups is 1. The van der Waals surface area contributed by atoms with E-state index < -0.39 is 0 Å². The number of amides is 1. The lowest BCUT2D eigenvalue weighted by Gasteiger charge is -2.29. The number of rotatable bonds is 7. The summed E-state index contributed by atoms with van der Waals surface area (Å²) in [5, 5.41) is 0. The van der Waals surface area contributed by atoms with Crippen LogP contribution in [0.2, 0.25) is 0 Å². The lowest BCUT2D eigenvalue weighted by atomic mass is 10.0. The summed E-state index contributed by atoms with van der Waals surface area (Å²) in [6.07, 6.45) is 3.76. The van der Waals surface area contributed by atoms with Gasteiger partial charge in [0.15, 0.2) is 0 Å². The molecule has 0 saturated carbocycles. The van der Waals surface area contributed by atoms with Crippen LogP contribution >= 0.6 is 0 Å². The van der Waals surface area contributed by atoms with Gasteiger partial charge in [0.2, 0.25) is 5.91 Å². The van der Waals surface area contributed by atoms with Crippen molar-refractivity contribution in [1.29, 1.82) is 0 Å². The quantitative estimate of drug-likeness (QED) is 0.727. The van der Waals surface area contributed by atoms with E-state index in [1.165, 1.54) is 5.56 Å². The fourth-order valence-corrected chi connectivity index (χ4v) is 2.21. The largest absolute Gasteiger partial charge is 0.340 e. The van der Waals surface area contributed by atoms with E-state index in [9.17, 15) is 4.79 Å². The zero-order valence-electron chi connectivity index (χ0n) is 12.8. The second kappa shape index (κ2) is 7.98. The topological polar surface area (TPSA) is 20.3 Å². The van der Waals surface area contributed by atoms with Crippen LogP contribution < -0.4 is 0 Å². The summed E-state index contributed by atoms with van der Waals surface area (Å²) in [7, 11) is 0. The maximum atomic E-state index is 12.5. The molecule has 1 amide bonds. The van der Waals surface area contributed by atoms with Gasteiger partial charge in [-0.25, -0.2) is 0 Å². The Kier molecular flexibility index (Phi) is 6.61. The summed E-state index contributed by atoms with van der Waals surface area (Å²) >= 11 is 0. The van der Waals surface area contributed by atoms with E-state index in [2.05, 4.69) is 44.7 Å². The SMILES string of the molecule is CCCCN(C(=O)Cc1ccccc1C)C(C)CC. The fraction of sp³-hybridized carbons (Fsp3) is 0.588. The molecule has 2 nitrogen and oxygen atoms in total. The maximum absolute atomic E-state index is 12.5. The molecule has 1 aromatic carbocycles. The highest BCUT2D eigenvalue weighted by Crippen LogP contribution is 2.13. The molecular formula is C17H27NO. The Morgan fingerprint density at radius 2 is 1.95 bits per heavy atom. The molecule has 0 spiro atoms. The first-order valence-electron chi connectivity index (χ1n) is 7.44. The van der Waals surface area contributed by atoms with Crippen molar-refractivity contribution in [2.24, 2.45) is 0 Å². The monoisotopic (exact) mass is 261 g/mol. The lowest BCUT2D eigenvalue weighted by molar-refractivity contribution is -0.132. The Morgan fingerprint density at radius 3 is 2.53 bits per heavy atom. The van der Waals surface area contributed by atoms with Gasteiger partial charge in [-0.2, -0.15) is 0 Å². The van der Waals surface area contributed by atoms with Crippen LogP contribution in [0.1, 0.15) is 51.2 Å². The van der Waals surface area contributed by atoms with Crippen molar-refractivity contribution < 1.29 is 4.79 Å². The number of benzene rings is 1. The van der Waals surface area contributed by atoms with Crippen LogP contribution in [0.5, 0.6) is 0 Å². The first kappa shape index (κ1) is 15.7. The van der Waals surface area contributed by atoms with E-state index >= 15 is 0 Å². The Morgan fingerprint density at radius 1 is 1.26 bits per heavy atom. The average molecular weight is 261 g/mol. The molecule has 0 aliphatic carbocycles. The number of carbonyl (C=O) groups excluding carboxylic acids is 1. The van der Waals surface area contributed by atoms with Gasteiger partial charge < -0.3 is 4.90 Å². The summed E-state index contributed by atoms with van der Waals surface area (Å²) in [5.74, 6) is 0.261. The minimum Gasteiger partial charge on any atom is -0.340 e. The molecule has 1 unspecified atom stereocenters. The predicted molar refractivity (Wildman–Crippen MR) is 81.3 cm³/mol. The Hall–Kier alpha value is -1.31. The molecule has 0 bridgehead atoms. The minimum atomic E-state index is 0.261. The summed E-state index contributed by atoms with van der Waals surface area (Å²) in [6, 6.07) is 8.50. The van der Waals surface area contributed by atoms with Gasteiger partial charge in [-0.05, 0) is 37.8 Å². The van der Waals surface area contributed by atoms with Crippen LogP contribution in [0.4, 0.5) is 0 Å². The van der Waals surface area contributed by atoms with Gasteiger partial charge in [-0.3, -0.25) is 4.79 Å². The number of hydrogen-bond acceptors (Lipinski definition) is 1. The minimum absolute atomic E-state index is 0.261. The van der Waals surface area contributed by atoms with Crippen molar-refractivity contribution in [1.82, 2.24) is 4.90 Å². The number of aryl methyl sites for hydroxylation is 1. The second-order valence-corrected chi connectivity index (χ2v) is 5.30. The van der Waals surface area contributed by atoms with Crippen molar-refractivity contribution >= 4 is 5.91 Å². The molecule has 0 aliphatic heterocycles. The summed E-state index contributed by atoms with van der Waals surface area (Å²) in [4.78, 5) is 14.5.